The number of nitriles is 3. The minimum Gasteiger partial charge on any atom is -0.391 e. The van der Waals surface area contributed by atoms with E-state index in [9.17, 15) is 42.2 Å². The van der Waals surface area contributed by atoms with Crippen molar-refractivity contribution in [3.05, 3.63) is 158 Å². The van der Waals surface area contributed by atoms with Crippen LogP contribution in [0.25, 0.3) is 17.1 Å². The highest BCUT2D eigenvalue weighted by Gasteiger charge is 2.50. The molecular formula is C67H71F4N9O5. The van der Waals surface area contributed by atoms with Crippen LogP contribution in [0, 0.1) is 93.2 Å². The molecule has 2 saturated carbocycles. The molecule has 8 fully saturated rings. The van der Waals surface area contributed by atoms with Gasteiger partial charge in [-0.25, -0.2) is 4.39 Å². The van der Waals surface area contributed by atoms with Crippen LogP contribution >= 0.6 is 0 Å². The van der Waals surface area contributed by atoms with Crippen molar-refractivity contribution >= 4 is 17.3 Å². The Bertz CT molecular complexity index is 3680. The monoisotopic (exact) mass is 1160 g/mol. The van der Waals surface area contributed by atoms with Gasteiger partial charge in [-0.1, -0.05) is 0 Å². The molecule has 6 saturated heterocycles. The van der Waals surface area contributed by atoms with E-state index in [0.29, 0.717) is 65.2 Å². The van der Waals surface area contributed by atoms with Gasteiger partial charge < -0.3 is 23.9 Å². The number of carbonyl (C=O) groups is 3. The lowest BCUT2D eigenvalue weighted by Crippen LogP contribution is -2.59. The fourth-order valence-corrected chi connectivity index (χ4v) is 16.2. The number of aliphatic hydroxyl groups is 2. The first-order valence-corrected chi connectivity index (χ1v) is 29.7. The second-order valence-corrected chi connectivity index (χ2v) is 24.8. The lowest BCUT2D eigenvalue weighted by Gasteiger charge is -2.56. The number of hydrogen-bond donors (Lipinski definition) is 2. The molecule has 4 unspecified atom stereocenters. The van der Waals surface area contributed by atoms with Crippen molar-refractivity contribution in [1.29, 1.82) is 15.8 Å². The SMILES string of the molecule is Cc1c(C(=O)CN2C3CCC2[C@@H](O)C3)c(C(F)(F)F)c(C)n1-c1ccc(C#N)cc1.Cc1c(F)c(C(=O)CN2C3CCC2[C@@H](O)C3)c(C)n1-c1ccc(C#N)cc1.Cc1cc(C(=O)CN2C3CC4CC(C3)CC2C4)c(C)n1-c1ccc(C#N)cc1. The van der Waals surface area contributed by atoms with Crippen molar-refractivity contribution in [3.63, 3.8) is 0 Å². The number of carbonyl (C=O) groups excluding carboxylic acids is 3. The minimum atomic E-state index is -4.68. The highest BCUT2D eigenvalue weighted by Crippen LogP contribution is 2.49. The van der Waals surface area contributed by atoms with E-state index in [2.05, 4.69) is 21.6 Å². The third-order valence-electron chi connectivity index (χ3n) is 19.9. The van der Waals surface area contributed by atoms with Crippen LogP contribution in [0.4, 0.5) is 17.6 Å². The van der Waals surface area contributed by atoms with Crippen molar-refractivity contribution in [2.45, 2.75) is 167 Å². The van der Waals surface area contributed by atoms with E-state index in [0.717, 1.165) is 65.8 Å². The molecule has 442 valence electrons. The summed E-state index contributed by atoms with van der Waals surface area (Å²) in [7, 11) is 0. The number of rotatable bonds is 12. The molecule has 8 bridgehead atoms. The number of fused-ring (bicyclic) bond motifs is 4. The zero-order chi connectivity index (χ0) is 60.5. The summed E-state index contributed by atoms with van der Waals surface area (Å²) in [5.74, 6) is 0.757. The quantitative estimate of drug-likeness (QED) is 0.0877. The summed E-state index contributed by atoms with van der Waals surface area (Å²) < 4.78 is 62.2. The van der Waals surface area contributed by atoms with E-state index in [1.165, 1.54) is 62.7 Å². The number of aliphatic hydroxyl groups excluding tert-OH is 2. The zero-order valence-electron chi connectivity index (χ0n) is 48.8. The molecule has 6 aliphatic heterocycles. The third-order valence-corrected chi connectivity index (χ3v) is 19.9. The normalized spacial score (nSPS) is 25.5. The van der Waals surface area contributed by atoms with Crippen LogP contribution in [-0.2, 0) is 6.18 Å². The fraction of sp³-hybridized carbons (Fsp3) is 0.463. The number of benzene rings is 3. The predicted octanol–water partition coefficient (Wildman–Crippen LogP) is 11.1. The summed E-state index contributed by atoms with van der Waals surface area (Å²) in [4.78, 5) is 45.8. The van der Waals surface area contributed by atoms with Gasteiger partial charge in [0.1, 0.15) is 0 Å². The first kappa shape index (κ1) is 59.2. The second-order valence-electron chi connectivity index (χ2n) is 24.8. The summed E-state index contributed by atoms with van der Waals surface area (Å²) in [6, 6.07) is 30.3. The Morgan fingerprint density at radius 3 is 1.29 bits per heavy atom. The molecule has 0 amide bonds. The molecule has 3 aromatic heterocycles. The van der Waals surface area contributed by atoms with Gasteiger partial charge in [0.2, 0.25) is 0 Å². The third kappa shape index (κ3) is 11.0. The van der Waals surface area contributed by atoms with E-state index < -0.39 is 29.4 Å². The Labute approximate surface area is 493 Å². The van der Waals surface area contributed by atoms with E-state index in [4.69, 9.17) is 15.8 Å². The summed E-state index contributed by atoms with van der Waals surface area (Å²) in [6.45, 7) is 10.9. The summed E-state index contributed by atoms with van der Waals surface area (Å²) in [6.07, 6.45) is 5.79. The lowest BCUT2D eigenvalue weighted by molar-refractivity contribution is -0.138. The summed E-state index contributed by atoms with van der Waals surface area (Å²) in [5.41, 5.74) is 6.67. The number of Topliss-reactive ketones (excluding diaryl/α,β-unsaturated/α-hetero) is 3. The van der Waals surface area contributed by atoms with E-state index in [1.807, 2.05) is 60.0 Å². The van der Waals surface area contributed by atoms with Crippen molar-refractivity contribution in [1.82, 2.24) is 28.4 Å². The van der Waals surface area contributed by atoms with E-state index in [1.54, 1.807) is 54.8 Å². The van der Waals surface area contributed by atoms with Gasteiger partial charge in [0.15, 0.2) is 23.2 Å². The molecule has 18 heteroatoms. The van der Waals surface area contributed by atoms with Crippen molar-refractivity contribution in [2.24, 2.45) is 11.8 Å². The maximum Gasteiger partial charge on any atom is 0.418 e. The maximum absolute atomic E-state index is 15.0. The number of nitrogens with zero attached hydrogens (tertiary/aromatic N) is 9. The molecule has 2 aliphatic carbocycles. The number of aryl methyl sites for hydroxylation is 1. The van der Waals surface area contributed by atoms with Crippen LogP contribution in [0.1, 0.15) is 158 Å². The molecule has 14 rings (SSSR count). The average molecular weight is 1160 g/mol. The van der Waals surface area contributed by atoms with Crippen LogP contribution in [0.5, 0.6) is 0 Å². The van der Waals surface area contributed by atoms with Crippen LogP contribution in [0.3, 0.4) is 0 Å². The number of piperidine rings is 2. The Balaban J connectivity index is 0.000000133. The number of alkyl halides is 3. The standard InChI is InChI=1S/C24H27N3O.C22H22F3N3O2.C21H22FN3O2/c1-15-7-23(16(2)27(15)20-5-3-17(13-25)4-6-20)24(28)14-26-21-9-18-8-19(11-21)12-22(26)10-18;1-12-20(19(30)11-27-16-7-8-17(27)18(29)9-16)21(22(23,24)25)13(2)28(12)15-5-3-14(10-26)4-6-15;1-12-20(19(27)11-24-16-7-8-17(24)18(26)9-16)21(22)13(2)25(12)15-5-3-14(10-23)4-6-15/h3-7,18-19,21-22H,8-12,14H2,1-2H3;3-6,16-18,29H,7-9,11H2,1-2H3;3-6,16-18,26H,7-9,11H2,1-2H3/t;2*16?,17?,18-/m.00/s1. The van der Waals surface area contributed by atoms with Gasteiger partial charge >= 0.3 is 6.18 Å². The van der Waals surface area contributed by atoms with Crippen LogP contribution < -0.4 is 0 Å². The molecule has 85 heavy (non-hydrogen) atoms. The molecule has 6 aromatic rings. The van der Waals surface area contributed by atoms with Gasteiger partial charge in [0.25, 0.3) is 0 Å². The largest absolute Gasteiger partial charge is 0.418 e. The number of ketones is 3. The Morgan fingerprint density at radius 2 is 0.894 bits per heavy atom. The number of hydrogen-bond acceptors (Lipinski definition) is 11. The van der Waals surface area contributed by atoms with Gasteiger partial charge in [0, 0.05) is 87.3 Å². The fourth-order valence-electron chi connectivity index (χ4n) is 16.2. The molecule has 2 N–H and O–H groups in total. The van der Waals surface area contributed by atoms with Gasteiger partial charge in [-0.3, -0.25) is 29.1 Å². The van der Waals surface area contributed by atoms with Crippen LogP contribution in [-0.4, -0.2) is 124 Å². The van der Waals surface area contributed by atoms with Gasteiger partial charge in [-0.05, 0) is 203 Å². The zero-order valence-corrected chi connectivity index (χ0v) is 48.8. The van der Waals surface area contributed by atoms with Gasteiger partial charge in [-0.2, -0.15) is 29.0 Å². The maximum atomic E-state index is 15.0. The number of aromatic nitrogens is 3. The average Bonchev–Trinajstić information content (AvgIpc) is 2.85. The molecule has 0 radical (unpaired) electrons. The molecule has 9 heterocycles. The second kappa shape index (κ2) is 23.4. The molecule has 14 nitrogen and oxygen atoms in total. The van der Waals surface area contributed by atoms with Gasteiger partial charge in [-0.15, -0.1) is 0 Å². The first-order chi connectivity index (χ1) is 40.6. The Kier molecular flexibility index (Phi) is 16.3. The van der Waals surface area contributed by atoms with Crippen molar-refractivity contribution in [2.75, 3.05) is 19.6 Å². The summed E-state index contributed by atoms with van der Waals surface area (Å²) >= 11 is 0. The van der Waals surface area contributed by atoms with Crippen molar-refractivity contribution < 1.29 is 42.2 Å². The van der Waals surface area contributed by atoms with Crippen LogP contribution in [0.15, 0.2) is 78.9 Å². The molecule has 3 aromatic carbocycles. The molecular weight excluding hydrogens is 1090 g/mol. The lowest BCUT2D eigenvalue weighted by atomic mass is 9.63. The smallest absolute Gasteiger partial charge is 0.391 e. The highest BCUT2D eigenvalue weighted by molar-refractivity contribution is 6.01. The number of halogens is 4. The summed E-state index contributed by atoms with van der Waals surface area (Å²) in [5, 5.41) is 47.1. The minimum absolute atomic E-state index is 0.0176. The predicted molar refractivity (Wildman–Crippen MR) is 310 cm³/mol. The Hall–Kier alpha value is -7.50. The molecule has 6 atom stereocenters. The Morgan fingerprint density at radius 1 is 0.494 bits per heavy atom. The van der Waals surface area contributed by atoms with Gasteiger partial charge in [0.05, 0.1) is 89.1 Å². The highest BCUT2D eigenvalue weighted by atomic mass is 19.4. The first-order valence-electron chi connectivity index (χ1n) is 29.7. The van der Waals surface area contributed by atoms with E-state index >= 15 is 0 Å². The van der Waals surface area contributed by atoms with Crippen LogP contribution in [0.2, 0.25) is 0 Å². The van der Waals surface area contributed by atoms with E-state index in [-0.39, 0.29) is 77.4 Å². The topological polar surface area (TPSA) is 188 Å². The van der Waals surface area contributed by atoms with Crippen molar-refractivity contribution in [3.8, 4) is 35.3 Å². The molecule has 0 spiro atoms. The molecule has 8 aliphatic rings.